The predicted octanol–water partition coefficient (Wildman–Crippen LogP) is 1.05. The number of nitrogens with zero attached hydrogens (tertiary/aromatic N) is 2. The number of hydrogen-bond acceptors (Lipinski definition) is 6. The molecule has 1 aromatic rings. The van der Waals surface area contributed by atoms with Crippen molar-refractivity contribution in [2.24, 2.45) is 0 Å². The van der Waals surface area contributed by atoms with Crippen molar-refractivity contribution in [1.82, 2.24) is 15.1 Å². The second-order valence-corrected chi connectivity index (χ2v) is 7.08. The first-order valence-corrected chi connectivity index (χ1v) is 9.40. The maximum absolute atomic E-state index is 12.2. The predicted molar refractivity (Wildman–Crippen MR) is 102 cm³/mol. The zero-order valence-corrected chi connectivity index (χ0v) is 16.2. The first-order chi connectivity index (χ1) is 13.4. The van der Waals surface area contributed by atoms with Crippen LogP contribution in [-0.2, 0) is 9.59 Å². The van der Waals surface area contributed by atoms with E-state index in [0.717, 1.165) is 12.8 Å². The van der Waals surface area contributed by atoms with Gasteiger partial charge in [-0.1, -0.05) is 0 Å². The molecule has 0 aliphatic carbocycles. The molecular formula is C19H26N4O5. The SMILES string of the molecule is CN(C)C(=O)[C@H]1CCCN1CC(=O)NC(=O)Nc1ccc2c(c1)OCCCO2. The summed E-state index contributed by atoms with van der Waals surface area (Å²) in [4.78, 5) is 39.9. The molecule has 2 heterocycles. The summed E-state index contributed by atoms with van der Waals surface area (Å²) >= 11 is 0. The van der Waals surface area contributed by atoms with Crippen LogP contribution in [0, 0.1) is 0 Å². The average Bonchev–Trinajstić information content (AvgIpc) is 2.96. The number of carbonyl (C=O) groups excluding carboxylic acids is 3. The van der Waals surface area contributed by atoms with Crippen LogP contribution in [0.25, 0.3) is 0 Å². The molecule has 0 bridgehead atoms. The van der Waals surface area contributed by atoms with Gasteiger partial charge in [0.15, 0.2) is 11.5 Å². The molecule has 1 fully saturated rings. The van der Waals surface area contributed by atoms with Gasteiger partial charge in [0.05, 0.1) is 25.8 Å². The number of nitrogens with one attached hydrogen (secondary N) is 2. The average molecular weight is 390 g/mol. The molecule has 0 aromatic heterocycles. The van der Waals surface area contributed by atoms with Gasteiger partial charge in [0.25, 0.3) is 0 Å². The fourth-order valence-electron chi connectivity index (χ4n) is 3.35. The lowest BCUT2D eigenvalue weighted by Crippen LogP contribution is -2.48. The summed E-state index contributed by atoms with van der Waals surface area (Å²) in [6.07, 6.45) is 2.36. The lowest BCUT2D eigenvalue weighted by atomic mass is 10.2. The quantitative estimate of drug-likeness (QED) is 0.797. The molecule has 0 spiro atoms. The molecule has 28 heavy (non-hydrogen) atoms. The molecular weight excluding hydrogens is 364 g/mol. The Morgan fingerprint density at radius 1 is 1.14 bits per heavy atom. The fraction of sp³-hybridized carbons (Fsp3) is 0.526. The van der Waals surface area contributed by atoms with Crippen LogP contribution < -0.4 is 20.1 Å². The van der Waals surface area contributed by atoms with Crippen molar-refractivity contribution >= 4 is 23.5 Å². The van der Waals surface area contributed by atoms with Crippen LogP contribution in [-0.4, -0.2) is 74.1 Å². The molecule has 1 aromatic carbocycles. The molecule has 4 amide bonds. The number of hydrogen-bond donors (Lipinski definition) is 2. The highest BCUT2D eigenvalue weighted by atomic mass is 16.5. The van der Waals surface area contributed by atoms with Gasteiger partial charge in [-0.15, -0.1) is 0 Å². The molecule has 2 aliphatic heterocycles. The van der Waals surface area contributed by atoms with Gasteiger partial charge in [-0.25, -0.2) is 4.79 Å². The van der Waals surface area contributed by atoms with Gasteiger partial charge in [0.2, 0.25) is 11.8 Å². The number of ether oxygens (including phenoxy) is 2. The van der Waals surface area contributed by atoms with Crippen molar-refractivity contribution in [3.05, 3.63) is 18.2 Å². The minimum Gasteiger partial charge on any atom is -0.490 e. The summed E-state index contributed by atoms with van der Waals surface area (Å²) in [5.74, 6) is 0.709. The molecule has 0 unspecified atom stereocenters. The Bertz CT molecular complexity index is 752. The second-order valence-electron chi connectivity index (χ2n) is 7.08. The highest BCUT2D eigenvalue weighted by Gasteiger charge is 2.33. The van der Waals surface area contributed by atoms with Gasteiger partial charge in [-0.3, -0.25) is 19.8 Å². The van der Waals surface area contributed by atoms with Crippen LogP contribution in [0.2, 0.25) is 0 Å². The molecule has 152 valence electrons. The zero-order valence-electron chi connectivity index (χ0n) is 16.2. The van der Waals surface area contributed by atoms with E-state index in [1.54, 1.807) is 37.2 Å². The smallest absolute Gasteiger partial charge is 0.325 e. The first kappa shape index (κ1) is 19.9. The second kappa shape index (κ2) is 8.92. The number of anilines is 1. The Labute approximate surface area is 163 Å². The third kappa shape index (κ3) is 4.92. The van der Waals surface area contributed by atoms with Gasteiger partial charge in [0, 0.05) is 32.3 Å². The number of carbonyl (C=O) groups is 3. The first-order valence-electron chi connectivity index (χ1n) is 9.40. The van der Waals surface area contributed by atoms with E-state index in [2.05, 4.69) is 10.6 Å². The lowest BCUT2D eigenvalue weighted by molar-refractivity contribution is -0.134. The van der Waals surface area contributed by atoms with Crippen LogP contribution in [0.4, 0.5) is 10.5 Å². The van der Waals surface area contributed by atoms with Gasteiger partial charge in [-0.2, -0.15) is 0 Å². The number of rotatable bonds is 4. The number of imide groups is 1. The highest BCUT2D eigenvalue weighted by molar-refractivity contribution is 6.02. The Morgan fingerprint density at radius 3 is 2.64 bits per heavy atom. The summed E-state index contributed by atoms with van der Waals surface area (Å²) in [6.45, 7) is 1.78. The van der Waals surface area contributed by atoms with Gasteiger partial charge in [0.1, 0.15) is 0 Å². The molecule has 1 saturated heterocycles. The van der Waals surface area contributed by atoms with Crippen molar-refractivity contribution < 1.29 is 23.9 Å². The maximum atomic E-state index is 12.2. The molecule has 0 radical (unpaired) electrons. The zero-order chi connectivity index (χ0) is 20.1. The standard InChI is InChI=1S/C19H26N4O5/c1-22(2)18(25)14-5-3-8-23(14)12-17(24)21-19(26)20-13-6-7-15-16(11-13)28-10-4-9-27-15/h6-7,11,14H,3-5,8-10,12H2,1-2H3,(H2,20,21,24,26)/t14-/m1/s1. The van der Waals surface area contributed by atoms with Crippen LogP contribution in [0.15, 0.2) is 18.2 Å². The van der Waals surface area contributed by atoms with E-state index in [0.29, 0.717) is 43.4 Å². The minimum atomic E-state index is -0.630. The number of likely N-dealkylation sites (N-methyl/N-ethyl adjacent to an activating group) is 1. The molecule has 0 saturated carbocycles. The topological polar surface area (TPSA) is 100 Å². The van der Waals surface area contributed by atoms with E-state index >= 15 is 0 Å². The molecule has 2 aliphatic rings. The summed E-state index contributed by atoms with van der Waals surface area (Å²) in [6, 6.07) is 4.13. The summed E-state index contributed by atoms with van der Waals surface area (Å²) < 4.78 is 11.1. The third-order valence-corrected chi connectivity index (χ3v) is 4.69. The van der Waals surface area contributed by atoms with E-state index in [-0.39, 0.29) is 18.5 Å². The van der Waals surface area contributed by atoms with Gasteiger partial charge < -0.3 is 19.7 Å². The van der Waals surface area contributed by atoms with Crippen LogP contribution in [0.1, 0.15) is 19.3 Å². The third-order valence-electron chi connectivity index (χ3n) is 4.69. The van der Waals surface area contributed by atoms with Crippen LogP contribution >= 0.6 is 0 Å². The van der Waals surface area contributed by atoms with Crippen molar-refractivity contribution in [2.75, 3.05) is 45.7 Å². The van der Waals surface area contributed by atoms with Gasteiger partial charge >= 0.3 is 6.03 Å². The van der Waals surface area contributed by atoms with Crippen molar-refractivity contribution in [2.45, 2.75) is 25.3 Å². The molecule has 9 heteroatoms. The van der Waals surface area contributed by atoms with Crippen molar-refractivity contribution in [1.29, 1.82) is 0 Å². The molecule has 2 N–H and O–H groups in total. The number of likely N-dealkylation sites (tertiary alicyclic amines) is 1. The Balaban J connectivity index is 1.52. The highest BCUT2D eigenvalue weighted by Crippen LogP contribution is 2.32. The number of urea groups is 1. The molecule has 3 rings (SSSR count). The van der Waals surface area contributed by atoms with Crippen LogP contribution in [0.3, 0.4) is 0 Å². The van der Waals surface area contributed by atoms with E-state index in [9.17, 15) is 14.4 Å². The number of amides is 4. The van der Waals surface area contributed by atoms with E-state index < -0.39 is 11.9 Å². The maximum Gasteiger partial charge on any atom is 0.325 e. The molecule has 1 atom stereocenters. The number of fused-ring (bicyclic) bond motifs is 1. The van der Waals surface area contributed by atoms with Crippen molar-refractivity contribution in [3.8, 4) is 11.5 Å². The van der Waals surface area contributed by atoms with E-state index in [1.807, 2.05) is 0 Å². The van der Waals surface area contributed by atoms with Gasteiger partial charge in [-0.05, 0) is 31.5 Å². The normalized spacial score (nSPS) is 18.9. The summed E-state index contributed by atoms with van der Waals surface area (Å²) in [7, 11) is 3.39. The Hall–Kier alpha value is -2.81. The van der Waals surface area contributed by atoms with Crippen LogP contribution in [0.5, 0.6) is 11.5 Å². The summed E-state index contributed by atoms with van der Waals surface area (Å²) in [5.41, 5.74) is 0.497. The Morgan fingerprint density at radius 2 is 1.89 bits per heavy atom. The minimum absolute atomic E-state index is 0.00118. The lowest BCUT2D eigenvalue weighted by Gasteiger charge is -2.25. The Kier molecular flexibility index (Phi) is 6.35. The summed E-state index contributed by atoms with van der Waals surface area (Å²) in [5, 5.41) is 4.93. The molecule has 9 nitrogen and oxygen atoms in total. The van der Waals surface area contributed by atoms with E-state index in [1.165, 1.54) is 4.90 Å². The van der Waals surface area contributed by atoms with Crippen molar-refractivity contribution in [3.63, 3.8) is 0 Å². The van der Waals surface area contributed by atoms with E-state index in [4.69, 9.17) is 9.47 Å². The monoisotopic (exact) mass is 390 g/mol. The fourth-order valence-corrected chi connectivity index (χ4v) is 3.35. The number of benzene rings is 1. The largest absolute Gasteiger partial charge is 0.490 e.